The van der Waals surface area contributed by atoms with Gasteiger partial charge in [0, 0.05) is 31.0 Å². The molecule has 0 fully saturated rings. The number of hydrogen-bond donors (Lipinski definition) is 0. The lowest BCUT2D eigenvalue weighted by Gasteiger charge is -2.21. The maximum absolute atomic E-state index is 13.7. The molecule has 2 aromatic carbocycles. The molecule has 0 aliphatic rings. The largest absolute Gasteiger partial charge is 0.490 e. The van der Waals surface area contributed by atoms with Crippen LogP contribution in [0.4, 0.5) is 5.13 Å². The van der Waals surface area contributed by atoms with E-state index in [1.807, 2.05) is 36.7 Å². The standard InChI is InChI=1S/C24H25ClN4O3S.ClH/c1-3-31-19-10-9-17(15-20(19)32-4-2)23(30)29(13-6-12-28-14-11-26-16-28)24-27-22-18(25)7-5-8-21(22)33-24;/h5,7-11,14-16H,3-4,6,12-13H2,1-2H3;1H. The molecule has 180 valence electrons. The number of amides is 1. The van der Waals surface area contributed by atoms with E-state index >= 15 is 0 Å². The van der Waals surface area contributed by atoms with E-state index in [0.717, 1.165) is 17.7 Å². The predicted octanol–water partition coefficient (Wildman–Crippen LogP) is 6.10. The number of nitrogens with zero attached hydrogens (tertiary/aromatic N) is 4. The van der Waals surface area contributed by atoms with Crippen molar-refractivity contribution >= 4 is 56.6 Å². The Morgan fingerprint density at radius 3 is 2.65 bits per heavy atom. The van der Waals surface area contributed by atoms with Gasteiger partial charge in [0.05, 0.1) is 29.3 Å². The number of thiazole rings is 1. The number of rotatable bonds is 10. The first-order valence-corrected chi connectivity index (χ1v) is 12.0. The van der Waals surface area contributed by atoms with Gasteiger partial charge in [-0.05, 0) is 50.6 Å². The number of aryl methyl sites for hydroxylation is 1. The number of carbonyl (C=O) groups excluding carboxylic acids is 1. The summed E-state index contributed by atoms with van der Waals surface area (Å²) in [7, 11) is 0. The van der Waals surface area contributed by atoms with Crippen LogP contribution in [0.15, 0.2) is 55.1 Å². The fourth-order valence-corrected chi connectivity index (χ4v) is 4.76. The molecule has 0 spiro atoms. The number of aromatic nitrogens is 3. The van der Waals surface area contributed by atoms with E-state index in [9.17, 15) is 4.79 Å². The van der Waals surface area contributed by atoms with Crippen LogP contribution in [-0.4, -0.2) is 40.2 Å². The van der Waals surface area contributed by atoms with Crippen molar-refractivity contribution in [2.75, 3.05) is 24.7 Å². The molecule has 4 aromatic rings. The van der Waals surface area contributed by atoms with Crippen LogP contribution in [0.1, 0.15) is 30.6 Å². The molecule has 0 saturated carbocycles. The molecule has 2 aromatic heterocycles. The normalized spacial score (nSPS) is 10.7. The first-order valence-electron chi connectivity index (χ1n) is 10.8. The molecule has 0 aliphatic heterocycles. The summed E-state index contributed by atoms with van der Waals surface area (Å²) in [6, 6.07) is 10.9. The van der Waals surface area contributed by atoms with Crippen LogP contribution in [0.3, 0.4) is 0 Å². The van der Waals surface area contributed by atoms with Crippen molar-refractivity contribution in [3.8, 4) is 11.5 Å². The summed E-state index contributed by atoms with van der Waals surface area (Å²) in [5, 5.41) is 1.18. The zero-order chi connectivity index (χ0) is 23.2. The summed E-state index contributed by atoms with van der Waals surface area (Å²) >= 11 is 7.80. The molecule has 0 bridgehead atoms. The number of fused-ring (bicyclic) bond motifs is 1. The number of halogens is 2. The minimum atomic E-state index is -0.153. The average molecular weight is 521 g/mol. The van der Waals surface area contributed by atoms with Crippen LogP contribution in [0.5, 0.6) is 11.5 Å². The second-order valence-corrected chi connectivity index (χ2v) is 8.64. The summed E-state index contributed by atoms with van der Waals surface area (Å²) in [4.78, 5) is 24.2. The number of anilines is 1. The quantitative estimate of drug-likeness (QED) is 0.252. The number of carbonyl (C=O) groups is 1. The third-order valence-corrected chi connectivity index (χ3v) is 6.33. The van der Waals surface area contributed by atoms with Crippen molar-refractivity contribution in [3.05, 3.63) is 65.7 Å². The molecule has 2 heterocycles. The van der Waals surface area contributed by atoms with Crippen molar-refractivity contribution in [2.45, 2.75) is 26.8 Å². The van der Waals surface area contributed by atoms with Gasteiger partial charge < -0.3 is 14.0 Å². The summed E-state index contributed by atoms with van der Waals surface area (Å²) in [6.07, 6.45) is 6.16. The Bertz CT molecular complexity index is 1230. The van der Waals surface area contributed by atoms with Crippen molar-refractivity contribution in [1.82, 2.24) is 14.5 Å². The average Bonchev–Trinajstić information content (AvgIpc) is 3.48. The molecule has 4 rings (SSSR count). The SMILES string of the molecule is CCOc1ccc(C(=O)N(CCCn2ccnc2)c2nc3c(Cl)cccc3s2)cc1OCC.Cl. The van der Waals surface area contributed by atoms with Crippen molar-refractivity contribution < 1.29 is 14.3 Å². The molecule has 0 saturated heterocycles. The fraction of sp³-hybridized carbons (Fsp3) is 0.292. The van der Waals surface area contributed by atoms with E-state index in [4.69, 9.17) is 26.1 Å². The van der Waals surface area contributed by atoms with E-state index in [1.54, 1.807) is 41.7 Å². The Balaban J connectivity index is 0.00000324. The topological polar surface area (TPSA) is 69.5 Å². The van der Waals surface area contributed by atoms with E-state index < -0.39 is 0 Å². The highest BCUT2D eigenvalue weighted by Crippen LogP contribution is 2.35. The number of imidazole rings is 1. The van der Waals surface area contributed by atoms with Crippen LogP contribution >= 0.6 is 35.3 Å². The molecule has 10 heteroatoms. The maximum Gasteiger partial charge on any atom is 0.260 e. The van der Waals surface area contributed by atoms with Crippen LogP contribution < -0.4 is 14.4 Å². The highest BCUT2D eigenvalue weighted by atomic mass is 35.5. The van der Waals surface area contributed by atoms with Gasteiger partial charge in [-0.15, -0.1) is 12.4 Å². The lowest BCUT2D eigenvalue weighted by molar-refractivity contribution is 0.0985. The van der Waals surface area contributed by atoms with Gasteiger partial charge in [-0.3, -0.25) is 9.69 Å². The monoisotopic (exact) mass is 520 g/mol. The highest BCUT2D eigenvalue weighted by Gasteiger charge is 2.23. The van der Waals surface area contributed by atoms with Crippen LogP contribution in [-0.2, 0) is 6.54 Å². The third-order valence-electron chi connectivity index (χ3n) is 4.98. The Morgan fingerprint density at radius 2 is 1.94 bits per heavy atom. The Labute approximate surface area is 213 Å². The predicted molar refractivity (Wildman–Crippen MR) is 139 cm³/mol. The molecule has 0 unspecified atom stereocenters. The van der Waals surface area contributed by atoms with Crippen molar-refractivity contribution in [2.24, 2.45) is 0 Å². The second-order valence-electron chi connectivity index (χ2n) is 7.22. The molecule has 0 atom stereocenters. The van der Waals surface area contributed by atoms with Gasteiger partial charge in [0.25, 0.3) is 5.91 Å². The van der Waals surface area contributed by atoms with Gasteiger partial charge in [-0.2, -0.15) is 0 Å². The highest BCUT2D eigenvalue weighted by molar-refractivity contribution is 7.22. The molecule has 0 aliphatic carbocycles. The minimum absolute atomic E-state index is 0. The minimum Gasteiger partial charge on any atom is -0.490 e. The van der Waals surface area contributed by atoms with Gasteiger partial charge in [0.1, 0.15) is 5.52 Å². The van der Waals surface area contributed by atoms with Crippen LogP contribution in [0.25, 0.3) is 10.2 Å². The third kappa shape index (κ3) is 5.81. The van der Waals surface area contributed by atoms with E-state index in [0.29, 0.717) is 52.5 Å². The van der Waals surface area contributed by atoms with Gasteiger partial charge in [-0.25, -0.2) is 9.97 Å². The lowest BCUT2D eigenvalue weighted by atomic mass is 10.1. The van der Waals surface area contributed by atoms with Crippen molar-refractivity contribution in [3.63, 3.8) is 0 Å². The molecule has 7 nitrogen and oxygen atoms in total. The van der Waals surface area contributed by atoms with Crippen molar-refractivity contribution in [1.29, 1.82) is 0 Å². The van der Waals surface area contributed by atoms with Gasteiger partial charge in [0.2, 0.25) is 0 Å². The number of benzene rings is 2. The summed E-state index contributed by atoms with van der Waals surface area (Å²) in [5.41, 5.74) is 1.21. The molecule has 34 heavy (non-hydrogen) atoms. The fourth-order valence-electron chi connectivity index (χ4n) is 3.47. The van der Waals surface area contributed by atoms with Crippen LogP contribution in [0, 0.1) is 0 Å². The molecule has 0 N–H and O–H groups in total. The van der Waals surface area contributed by atoms with E-state index in [1.165, 1.54) is 11.3 Å². The second kappa shape index (κ2) is 12.1. The first kappa shape index (κ1) is 25.8. The maximum atomic E-state index is 13.7. The summed E-state index contributed by atoms with van der Waals surface area (Å²) in [5.74, 6) is 1.02. The molecule has 1 amide bonds. The number of hydrogen-bond acceptors (Lipinski definition) is 6. The number of para-hydroxylation sites is 1. The molecular weight excluding hydrogens is 495 g/mol. The smallest absolute Gasteiger partial charge is 0.260 e. The molecule has 0 radical (unpaired) electrons. The van der Waals surface area contributed by atoms with Crippen LogP contribution in [0.2, 0.25) is 5.02 Å². The Hall–Kier alpha value is -2.81. The van der Waals surface area contributed by atoms with Gasteiger partial charge in [0.15, 0.2) is 16.6 Å². The summed E-state index contributed by atoms with van der Waals surface area (Å²) < 4.78 is 14.3. The Morgan fingerprint density at radius 1 is 1.15 bits per heavy atom. The lowest BCUT2D eigenvalue weighted by Crippen LogP contribution is -2.32. The van der Waals surface area contributed by atoms with Gasteiger partial charge >= 0.3 is 0 Å². The molecular formula is C24H26Cl2N4O3S. The van der Waals surface area contributed by atoms with Gasteiger partial charge in [-0.1, -0.05) is 29.0 Å². The van der Waals surface area contributed by atoms with E-state index in [-0.39, 0.29) is 18.3 Å². The zero-order valence-electron chi connectivity index (χ0n) is 18.9. The summed E-state index contributed by atoms with van der Waals surface area (Å²) in [6.45, 7) is 6.03. The Kier molecular flexibility index (Phi) is 9.15. The first-order chi connectivity index (χ1) is 16.1. The zero-order valence-corrected chi connectivity index (χ0v) is 21.3. The van der Waals surface area contributed by atoms with E-state index in [2.05, 4.69) is 4.98 Å². The number of ether oxygens (including phenoxy) is 2.